The summed E-state index contributed by atoms with van der Waals surface area (Å²) < 4.78 is 7.20. The summed E-state index contributed by atoms with van der Waals surface area (Å²) in [6.45, 7) is 0.340. The molecule has 2 aromatic carbocycles. The Balaban J connectivity index is 1.46. The number of hydrogen-bond acceptors (Lipinski definition) is 6. The summed E-state index contributed by atoms with van der Waals surface area (Å²) in [4.78, 5) is 13.1. The van der Waals surface area contributed by atoms with Gasteiger partial charge in [0.25, 0.3) is 0 Å². The van der Waals surface area contributed by atoms with Gasteiger partial charge in [0.05, 0.1) is 18.8 Å². The van der Waals surface area contributed by atoms with Gasteiger partial charge >= 0.3 is 0 Å². The Bertz CT molecular complexity index is 1130. The second-order valence-electron chi connectivity index (χ2n) is 6.86. The third-order valence-electron chi connectivity index (χ3n) is 4.90. The van der Waals surface area contributed by atoms with Crippen LogP contribution in [-0.2, 0) is 11.3 Å². The van der Waals surface area contributed by atoms with Crippen LogP contribution in [0.25, 0.3) is 11.4 Å². The Morgan fingerprint density at radius 2 is 1.80 bits per heavy atom. The summed E-state index contributed by atoms with van der Waals surface area (Å²) >= 11 is 1.40. The van der Waals surface area contributed by atoms with Crippen LogP contribution in [0, 0.1) is 0 Å². The zero-order valence-electron chi connectivity index (χ0n) is 15.9. The zero-order valence-corrected chi connectivity index (χ0v) is 16.8. The molecule has 1 amide bonds. The molecule has 7 nitrogen and oxygen atoms in total. The number of furan rings is 1. The van der Waals surface area contributed by atoms with E-state index in [0.29, 0.717) is 23.3 Å². The number of thioether (sulfide) groups is 1. The SMILES string of the molecule is O=C(NCc1ccco1)[C@H]1Sc2nnc(-c3ccccc3)n2N[C@H]1c1ccccc1. The summed E-state index contributed by atoms with van der Waals surface area (Å²) in [6, 6.07) is 23.2. The Morgan fingerprint density at radius 1 is 1.03 bits per heavy atom. The average Bonchev–Trinajstić information content (AvgIpc) is 3.47. The number of carbonyl (C=O) groups excluding carboxylic acids is 1. The third kappa shape index (κ3) is 3.57. The van der Waals surface area contributed by atoms with E-state index in [1.807, 2.05) is 71.4 Å². The molecule has 1 aliphatic rings. The molecule has 2 atom stereocenters. The van der Waals surface area contributed by atoms with Crippen molar-refractivity contribution in [1.29, 1.82) is 0 Å². The van der Waals surface area contributed by atoms with Gasteiger partial charge in [0.15, 0.2) is 5.82 Å². The quantitative estimate of drug-likeness (QED) is 0.516. The standard InChI is InChI=1S/C22H19N5O2S/c28-21(23-14-17-12-7-13-29-17)19-18(15-8-3-1-4-9-15)26-27-20(24-25-22(27)30-19)16-10-5-2-6-11-16/h1-13,18-19,26H,14H2,(H,23,28)/t18-,19-/m0/s1. The summed E-state index contributed by atoms with van der Waals surface area (Å²) in [5.74, 6) is 1.34. The summed E-state index contributed by atoms with van der Waals surface area (Å²) in [7, 11) is 0. The predicted molar refractivity (Wildman–Crippen MR) is 114 cm³/mol. The predicted octanol–water partition coefficient (Wildman–Crippen LogP) is 3.61. The van der Waals surface area contributed by atoms with Crippen molar-refractivity contribution in [3.05, 3.63) is 90.4 Å². The molecule has 0 saturated carbocycles. The molecule has 0 spiro atoms. The molecular formula is C22H19N5O2S. The fourth-order valence-electron chi connectivity index (χ4n) is 3.43. The fourth-order valence-corrected chi connectivity index (χ4v) is 4.53. The van der Waals surface area contributed by atoms with E-state index in [0.717, 1.165) is 11.1 Å². The molecule has 0 unspecified atom stereocenters. The van der Waals surface area contributed by atoms with E-state index in [2.05, 4.69) is 20.9 Å². The normalized spacial score (nSPS) is 17.7. The van der Waals surface area contributed by atoms with E-state index in [1.54, 1.807) is 12.3 Å². The third-order valence-corrected chi connectivity index (χ3v) is 6.12. The maximum Gasteiger partial charge on any atom is 0.236 e. The molecule has 2 N–H and O–H groups in total. The highest BCUT2D eigenvalue weighted by atomic mass is 32.2. The fraction of sp³-hybridized carbons (Fsp3) is 0.136. The first kappa shape index (κ1) is 18.5. The maximum absolute atomic E-state index is 13.1. The summed E-state index contributed by atoms with van der Waals surface area (Å²) in [6.07, 6.45) is 1.60. The lowest BCUT2D eigenvalue weighted by atomic mass is 10.0. The smallest absolute Gasteiger partial charge is 0.236 e. The molecule has 5 rings (SSSR count). The number of carbonyl (C=O) groups is 1. The van der Waals surface area contributed by atoms with Gasteiger partial charge in [-0.2, -0.15) is 0 Å². The van der Waals surface area contributed by atoms with Crippen molar-refractivity contribution in [2.75, 3.05) is 5.43 Å². The van der Waals surface area contributed by atoms with E-state index < -0.39 is 5.25 Å². The minimum absolute atomic E-state index is 0.0896. The van der Waals surface area contributed by atoms with Crippen LogP contribution in [0.1, 0.15) is 17.4 Å². The number of hydrogen-bond donors (Lipinski definition) is 2. The lowest BCUT2D eigenvalue weighted by molar-refractivity contribution is -0.121. The van der Waals surface area contributed by atoms with Crippen LogP contribution in [0.15, 0.2) is 88.6 Å². The molecule has 4 aromatic rings. The van der Waals surface area contributed by atoms with Crippen LogP contribution in [0.3, 0.4) is 0 Å². The van der Waals surface area contributed by atoms with Gasteiger partial charge in [0, 0.05) is 5.56 Å². The Morgan fingerprint density at radius 3 is 2.53 bits per heavy atom. The molecule has 0 radical (unpaired) electrons. The highest BCUT2D eigenvalue weighted by Gasteiger charge is 2.37. The summed E-state index contributed by atoms with van der Waals surface area (Å²) in [5, 5.41) is 11.9. The average molecular weight is 417 g/mol. The van der Waals surface area contributed by atoms with E-state index in [9.17, 15) is 4.79 Å². The van der Waals surface area contributed by atoms with E-state index in [4.69, 9.17) is 4.42 Å². The van der Waals surface area contributed by atoms with Crippen molar-refractivity contribution < 1.29 is 9.21 Å². The first-order chi connectivity index (χ1) is 14.8. The number of nitrogens with zero attached hydrogens (tertiary/aromatic N) is 3. The van der Waals surface area contributed by atoms with Gasteiger partial charge in [-0.15, -0.1) is 10.2 Å². The van der Waals surface area contributed by atoms with Crippen molar-refractivity contribution in [3.63, 3.8) is 0 Å². The van der Waals surface area contributed by atoms with Gasteiger partial charge < -0.3 is 15.2 Å². The second kappa shape index (κ2) is 8.08. The molecule has 30 heavy (non-hydrogen) atoms. The van der Waals surface area contributed by atoms with Crippen LogP contribution < -0.4 is 10.7 Å². The van der Waals surface area contributed by atoms with Gasteiger partial charge in [0.1, 0.15) is 11.0 Å². The van der Waals surface area contributed by atoms with Gasteiger partial charge in [-0.05, 0) is 17.7 Å². The van der Waals surface area contributed by atoms with Crippen LogP contribution >= 0.6 is 11.8 Å². The largest absolute Gasteiger partial charge is 0.467 e. The molecule has 8 heteroatoms. The maximum atomic E-state index is 13.1. The van der Waals surface area contributed by atoms with Crippen molar-refractivity contribution >= 4 is 17.7 Å². The van der Waals surface area contributed by atoms with Crippen LogP contribution in [0.5, 0.6) is 0 Å². The summed E-state index contributed by atoms with van der Waals surface area (Å²) in [5.41, 5.74) is 5.44. The van der Waals surface area contributed by atoms with E-state index >= 15 is 0 Å². The van der Waals surface area contributed by atoms with Crippen LogP contribution in [-0.4, -0.2) is 26.0 Å². The molecule has 3 heterocycles. The Labute approximate surface area is 177 Å². The number of benzene rings is 2. The molecule has 0 aliphatic carbocycles. The van der Waals surface area contributed by atoms with Crippen molar-refractivity contribution in [3.8, 4) is 11.4 Å². The van der Waals surface area contributed by atoms with Crippen molar-refractivity contribution in [2.24, 2.45) is 0 Å². The molecule has 2 aromatic heterocycles. The Hall–Kier alpha value is -3.52. The highest BCUT2D eigenvalue weighted by Crippen LogP contribution is 2.38. The second-order valence-corrected chi connectivity index (χ2v) is 7.97. The van der Waals surface area contributed by atoms with Gasteiger partial charge in [0.2, 0.25) is 11.1 Å². The molecule has 0 fully saturated rings. The molecule has 1 aliphatic heterocycles. The topological polar surface area (TPSA) is 85.0 Å². The molecule has 150 valence electrons. The van der Waals surface area contributed by atoms with E-state index in [-0.39, 0.29) is 11.9 Å². The van der Waals surface area contributed by atoms with Gasteiger partial charge in [-0.3, -0.25) is 4.79 Å². The lowest BCUT2D eigenvalue weighted by Gasteiger charge is -2.32. The van der Waals surface area contributed by atoms with Crippen molar-refractivity contribution in [1.82, 2.24) is 20.2 Å². The number of aromatic nitrogens is 3. The monoisotopic (exact) mass is 417 g/mol. The number of amides is 1. The van der Waals surface area contributed by atoms with Crippen LogP contribution in [0.2, 0.25) is 0 Å². The first-order valence-corrected chi connectivity index (χ1v) is 10.5. The van der Waals surface area contributed by atoms with Crippen molar-refractivity contribution in [2.45, 2.75) is 23.0 Å². The lowest BCUT2D eigenvalue weighted by Crippen LogP contribution is -2.43. The Kier molecular flexibility index (Phi) is 4.98. The minimum atomic E-state index is -0.414. The molecule has 0 saturated heterocycles. The highest BCUT2D eigenvalue weighted by molar-refractivity contribution is 8.00. The van der Waals surface area contributed by atoms with Gasteiger partial charge in [-0.1, -0.05) is 72.4 Å². The first-order valence-electron chi connectivity index (χ1n) is 9.58. The number of nitrogens with one attached hydrogen (secondary N) is 2. The number of fused-ring (bicyclic) bond motifs is 1. The minimum Gasteiger partial charge on any atom is -0.467 e. The van der Waals surface area contributed by atoms with Crippen LogP contribution in [0.4, 0.5) is 0 Å². The van der Waals surface area contributed by atoms with E-state index in [1.165, 1.54) is 11.8 Å². The van der Waals surface area contributed by atoms with Gasteiger partial charge in [-0.25, -0.2) is 4.68 Å². The molecular weight excluding hydrogens is 398 g/mol. The molecule has 0 bridgehead atoms. The number of rotatable bonds is 5. The zero-order chi connectivity index (χ0) is 20.3.